The molecule has 4 nitrogen and oxygen atoms in total. The lowest BCUT2D eigenvalue weighted by Crippen LogP contribution is -2.29. The Labute approximate surface area is 105 Å². The Bertz CT molecular complexity index is 409. The fourth-order valence-corrected chi connectivity index (χ4v) is 3.41. The van der Waals surface area contributed by atoms with Crippen molar-refractivity contribution >= 4 is 17.3 Å². The van der Waals surface area contributed by atoms with E-state index in [1.165, 1.54) is 0 Å². The first kappa shape index (κ1) is 12.5. The fraction of sp³-hybridized carbons (Fsp3) is 0.667. The van der Waals surface area contributed by atoms with Crippen LogP contribution < -0.4 is 0 Å². The number of aliphatic carboxylic acids is 1. The second-order valence-corrected chi connectivity index (χ2v) is 5.82. The molecular weight excluding hydrogens is 236 g/mol. The molecule has 0 spiro atoms. The maximum absolute atomic E-state index is 10.7. The minimum atomic E-state index is -0.772. The molecule has 0 unspecified atom stereocenters. The molecule has 94 valence electrons. The van der Waals surface area contributed by atoms with E-state index in [4.69, 9.17) is 5.11 Å². The van der Waals surface area contributed by atoms with E-state index in [2.05, 4.69) is 16.9 Å². The average Bonchev–Trinajstić information content (AvgIpc) is 2.60. The summed E-state index contributed by atoms with van der Waals surface area (Å²) in [6.07, 6.45) is 2.38. The topological polar surface area (TPSA) is 53.4 Å². The van der Waals surface area contributed by atoms with Crippen molar-refractivity contribution in [2.75, 3.05) is 20.1 Å². The molecule has 1 aliphatic rings. The van der Waals surface area contributed by atoms with Crippen LogP contribution in [0.25, 0.3) is 0 Å². The Morgan fingerprint density at radius 3 is 2.76 bits per heavy atom. The number of piperidine rings is 1. The van der Waals surface area contributed by atoms with Crippen LogP contribution in [-0.4, -0.2) is 41.1 Å². The predicted octanol–water partition coefficient (Wildman–Crippen LogP) is 1.89. The minimum Gasteiger partial charge on any atom is -0.481 e. The number of nitrogens with zero attached hydrogens (tertiary/aromatic N) is 2. The van der Waals surface area contributed by atoms with Crippen molar-refractivity contribution in [2.24, 2.45) is 0 Å². The van der Waals surface area contributed by atoms with Gasteiger partial charge in [-0.05, 0) is 39.9 Å². The van der Waals surface area contributed by atoms with Gasteiger partial charge in [0.05, 0.1) is 17.1 Å². The van der Waals surface area contributed by atoms with Crippen molar-refractivity contribution in [3.63, 3.8) is 0 Å². The van der Waals surface area contributed by atoms with Gasteiger partial charge < -0.3 is 10.0 Å². The number of carboxylic acids is 1. The maximum atomic E-state index is 10.7. The van der Waals surface area contributed by atoms with Gasteiger partial charge in [0, 0.05) is 10.8 Å². The summed E-state index contributed by atoms with van der Waals surface area (Å²) in [6, 6.07) is 0. The SMILES string of the molecule is Cc1nc(C2CCN(C)CC2)sc1CC(=O)O. The predicted molar refractivity (Wildman–Crippen MR) is 67.7 cm³/mol. The molecule has 1 saturated heterocycles. The van der Waals surface area contributed by atoms with E-state index in [1.54, 1.807) is 11.3 Å². The van der Waals surface area contributed by atoms with Crippen LogP contribution in [0.4, 0.5) is 0 Å². The van der Waals surface area contributed by atoms with E-state index in [1.807, 2.05) is 6.92 Å². The minimum absolute atomic E-state index is 0.107. The fourth-order valence-electron chi connectivity index (χ4n) is 2.18. The van der Waals surface area contributed by atoms with E-state index < -0.39 is 5.97 Å². The van der Waals surface area contributed by atoms with Crippen LogP contribution in [0.2, 0.25) is 0 Å². The monoisotopic (exact) mass is 254 g/mol. The number of aryl methyl sites for hydroxylation is 1. The van der Waals surface area contributed by atoms with Gasteiger partial charge in [0.15, 0.2) is 0 Å². The lowest BCUT2D eigenvalue weighted by Gasteiger charge is -2.27. The third kappa shape index (κ3) is 3.04. The third-order valence-electron chi connectivity index (χ3n) is 3.29. The van der Waals surface area contributed by atoms with E-state index in [9.17, 15) is 4.79 Å². The lowest BCUT2D eigenvalue weighted by atomic mass is 9.98. The molecule has 5 heteroatoms. The number of carboxylic acid groups (broad SMARTS) is 1. The summed E-state index contributed by atoms with van der Waals surface area (Å²) in [5.41, 5.74) is 0.895. The number of likely N-dealkylation sites (tertiary alicyclic amines) is 1. The summed E-state index contributed by atoms with van der Waals surface area (Å²) in [7, 11) is 2.14. The van der Waals surface area contributed by atoms with E-state index in [0.29, 0.717) is 5.92 Å². The van der Waals surface area contributed by atoms with Gasteiger partial charge >= 0.3 is 5.97 Å². The molecule has 0 atom stereocenters. The molecule has 0 amide bonds. The summed E-state index contributed by atoms with van der Waals surface area (Å²) in [5.74, 6) is -0.246. The largest absolute Gasteiger partial charge is 0.481 e. The van der Waals surface area contributed by atoms with E-state index in [-0.39, 0.29) is 6.42 Å². The number of thiazole rings is 1. The molecular formula is C12H18N2O2S. The maximum Gasteiger partial charge on any atom is 0.308 e. The Hall–Kier alpha value is -0.940. The van der Waals surface area contributed by atoms with Gasteiger partial charge in [-0.3, -0.25) is 4.79 Å². The Balaban J connectivity index is 2.09. The normalized spacial score (nSPS) is 18.5. The molecule has 17 heavy (non-hydrogen) atoms. The van der Waals surface area contributed by atoms with Gasteiger partial charge in [0.2, 0.25) is 0 Å². The molecule has 1 aliphatic heterocycles. The number of hydrogen-bond donors (Lipinski definition) is 1. The first-order chi connectivity index (χ1) is 8.06. The Morgan fingerprint density at radius 2 is 2.18 bits per heavy atom. The summed E-state index contributed by atoms with van der Waals surface area (Å²) < 4.78 is 0. The summed E-state index contributed by atoms with van der Waals surface area (Å²) in [4.78, 5) is 18.5. The zero-order valence-corrected chi connectivity index (χ0v) is 11.1. The molecule has 1 aromatic rings. The first-order valence-electron chi connectivity index (χ1n) is 5.93. The van der Waals surface area contributed by atoms with Crippen LogP contribution >= 0.6 is 11.3 Å². The van der Waals surface area contributed by atoms with Gasteiger partial charge in [-0.25, -0.2) is 4.98 Å². The average molecular weight is 254 g/mol. The molecule has 0 radical (unpaired) electrons. The molecule has 1 N–H and O–H groups in total. The van der Waals surface area contributed by atoms with E-state index >= 15 is 0 Å². The standard InChI is InChI=1S/C12H18N2O2S/c1-8-10(7-11(15)16)17-12(13-8)9-3-5-14(2)6-4-9/h9H,3-7H2,1-2H3,(H,15,16). The molecule has 0 bridgehead atoms. The second-order valence-electron chi connectivity index (χ2n) is 4.71. The Kier molecular flexibility index (Phi) is 3.79. The highest BCUT2D eigenvalue weighted by Crippen LogP contribution is 2.32. The number of rotatable bonds is 3. The molecule has 0 saturated carbocycles. The van der Waals surface area contributed by atoms with Crippen molar-refractivity contribution in [3.8, 4) is 0 Å². The summed E-state index contributed by atoms with van der Waals surface area (Å²) in [6.45, 7) is 4.13. The first-order valence-corrected chi connectivity index (χ1v) is 6.74. The quantitative estimate of drug-likeness (QED) is 0.895. The van der Waals surface area contributed by atoms with E-state index in [0.717, 1.165) is 41.5 Å². The summed E-state index contributed by atoms with van der Waals surface area (Å²) in [5, 5.41) is 9.95. The van der Waals surface area contributed by atoms with Crippen molar-refractivity contribution < 1.29 is 9.90 Å². The lowest BCUT2D eigenvalue weighted by molar-refractivity contribution is -0.136. The van der Waals surface area contributed by atoms with Crippen LogP contribution in [0.3, 0.4) is 0 Å². The summed E-state index contributed by atoms with van der Waals surface area (Å²) >= 11 is 1.59. The van der Waals surface area contributed by atoms with Crippen LogP contribution in [0.1, 0.15) is 34.3 Å². The van der Waals surface area contributed by atoms with Gasteiger partial charge in [-0.15, -0.1) is 11.3 Å². The highest BCUT2D eigenvalue weighted by Gasteiger charge is 2.22. The van der Waals surface area contributed by atoms with Crippen LogP contribution in [0.15, 0.2) is 0 Å². The molecule has 1 aromatic heterocycles. The van der Waals surface area contributed by atoms with Gasteiger partial charge in [0.1, 0.15) is 0 Å². The Morgan fingerprint density at radius 1 is 1.53 bits per heavy atom. The van der Waals surface area contributed by atoms with Crippen LogP contribution in [0, 0.1) is 6.92 Å². The molecule has 2 heterocycles. The van der Waals surface area contributed by atoms with Crippen LogP contribution in [-0.2, 0) is 11.2 Å². The smallest absolute Gasteiger partial charge is 0.308 e. The van der Waals surface area contributed by atoms with Crippen molar-refractivity contribution in [1.29, 1.82) is 0 Å². The van der Waals surface area contributed by atoms with Gasteiger partial charge in [-0.1, -0.05) is 0 Å². The molecule has 2 rings (SSSR count). The van der Waals surface area contributed by atoms with Crippen LogP contribution in [0.5, 0.6) is 0 Å². The highest BCUT2D eigenvalue weighted by molar-refractivity contribution is 7.11. The molecule has 0 aromatic carbocycles. The van der Waals surface area contributed by atoms with Gasteiger partial charge in [0.25, 0.3) is 0 Å². The second kappa shape index (κ2) is 5.14. The third-order valence-corrected chi connectivity index (χ3v) is 4.61. The molecule has 1 fully saturated rings. The van der Waals surface area contributed by atoms with Crippen molar-refractivity contribution in [2.45, 2.75) is 32.1 Å². The number of aromatic nitrogens is 1. The number of hydrogen-bond acceptors (Lipinski definition) is 4. The zero-order chi connectivity index (χ0) is 12.4. The van der Waals surface area contributed by atoms with Gasteiger partial charge in [-0.2, -0.15) is 0 Å². The number of carbonyl (C=O) groups is 1. The zero-order valence-electron chi connectivity index (χ0n) is 10.3. The molecule has 0 aliphatic carbocycles. The van der Waals surface area contributed by atoms with Crippen molar-refractivity contribution in [3.05, 3.63) is 15.6 Å². The highest BCUT2D eigenvalue weighted by atomic mass is 32.1. The van der Waals surface area contributed by atoms with Crippen molar-refractivity contribution in [1.82, 2.24) is 9.88 Å².